The molecule has 160 valence electrons. The van der Waals surface area contributed by atoms with Crippen LogP contribution in [-0.2, 0) is 4.79 Å². The molecule has 2 N–H and O–H groups in total. The van der Waals surface area contributed by atoms with Crippen LogP contribution in [0.5, 0.6) is 0 Å². The molecule has 6 heteroatoms. The molecule has 0 aliphatic heterocycles. The van der Waals surface area contributed by atoms with E-state index in [2.05, 4.69) is 36.3 Å². The van der Waals surface area contributed by atoms with Gasteiger partial charge in [0, 0.05) is 46.5 Å². The summed E-state index contributed by atoms with van der Waals surface area (Å²) < 4.78 is 0. The minimum absolute atomic E-state index is 0. The SMILES string of the molecule is CCCNC[C@H](C[C@H]1CCCC(=O)C1)NC(=O)N(CC)CCN(CC)CC.[HH]. The topological polar surface area (TPSA) is 64.7 Å². The number of nitrogens with zero attached hydrogens (tertiary/aromatic N) is 2. The van der Waals surface area contributed by atoms with E-state index in [1.807, 2.05) is 11.8 Å². The zero-order valence-electron chi connectivity index (χ0n) is 18.1. The molecule has 0 aromatic heterocycles. The molecule has 6 nitrogen and oxygen atoms in total. The summed E-state index contributed by atoms with van der Waals surface area (Å²) in [5, 5.41) is 6.68. The quantitative estimate of drug-likeness (QED) is 0.479. The number of amides is 2. The number of carbonyl (C=O) groups excluding carboxylic acids is 2. The van der Waals surface area contributed by atoms with Crippen LogP contribution in [0.3, 0.4) is 0 Å². The maximum atomic E-state index is 12.8. The molecule has 1 rings (SSSR count). The molecule has 1 aliphatic carbocycles. The molecule has 0 saturated heterocycles. The molecular weight excluding hydrogens is 340 g/mol. The van der Waals surface area contributed by atoms with E-state index in [0.29, 0.717) is 24.7 Å². The van der Waals surface area contributed by atoms with Crippen molar-refractivity contribution in [3.63, 3.8) is 0 Å². The van der Waals surface area contributed by atoms with E-state index in [0.717, 1.165) is 71.4 Å². The van der Waals surface area contributed by atoms with Gasteiger partial charge in [0.05, 0.1) is 0 Å². The Morgan fingerprint density at radius 2 is 1.93 bits per heavy atom. The van der Waals surface area contributed by atoms with Crippen molar-refractivity contribution in [1.29, 1.82) is 0 Å². The summed E-state index contributed by atoms with van der Waals surface area (Å²) in [6.45, 7) is 14.6. The Bertz CT molecular complexity index is 433. The van der Waals surface area contributed by atoms with Crippen LogP contribution in [-0.4, -0.2) is 73.5 Å². The summed E-state index contributed by atoms with van der Waals surface area (Å²) in [5.41, 5.74) is 0. The number of likely N-dealkylation sites (N-methyl/N-ethyl adjacent to an activating group) is 2. The number of rotatable bonds is 13. The summed E-state index contributed by atoms with van der Waals surface area (Å²) in [4.78, 5) is 28.8. The normalized spacial score (nSPS) is 18.6. The zero-order valence-corrected chi connectivity index (χ0v) is 18.1. The van der Waals surface area contributed by atoms with Gasteiger partial charge < -0.3 is 20.4 Å². The molecule has 1 saturated carbocycles. The van der Waals surface area contributed by atoms with Gasteiger partial charge in [0.25, 0.3) is 0 Å². The number of ketones is 1. The summed E-state index contributed by atoms with van der Waals surface area (Å²) in [5.74, 6) is 0.790. The summed E-state index contributed by atoms with van der Waals surface area (Å²) in [6.07, 6.45) is 5.48. The van der Waals surface area contributed by atoms with Gasteiger partial charge in [0.1, 0.15) is 5.78 Å². The number of Topliss-reactive ketones (excluding diaryl/α,β-unsaturated/α-hetero) is 1. The molecule has 0 unspecified atom stereocenters. The van der Waals surface area contributed by atoms with Crippen molar-refractivity contribution >= 4 is 11.8 Å². The van der Waals surface area contributed by atoms with Crippen LogP contribution in [0.4, 0.5) is 4.79 Å². The highest BCUT2D eigenvalue weighted by atomic mass is 16.2. The fourth-order valence-corrected chi connectivity index (χ4v) is 3.84. The van der Waals surface area contributed by atoms with Crippen molar-refractivity contribution in [2.24, 2.45) is 5.92 Å². The van der Waals surface area contributed by atoms with Gasteiger partial charge in [-0.05, 0) is 58.2 Å². The number of hydrogen-bond donors (Lipinski definition) is 2. The van der Waals surface area contributed by atoms with Crippen LogP contribution in [0.2, 0.25) is 0 Å². The second kappa shape index (κ2) is 13.9. The summed E-state index contributed by atoms with van der Waals surface area (Å²) >= 11 is 0. The number of urea groups is 1. The monoisotopic (exact) mass is 384 g/mol. The lowest BCUT2D eigenvalue weighted by Crippen LogP contribution is -2.50. The lowest BCUT2D eigenvalue weighted by molar-refractivity contribution is -0.121. The average Bonchev–Trinajstić information content (AvgIpc) is 2.65. The number of carbonyl (C=O) groups is 2. The average molecular weight is 385 g/mol. The first-order valence-corrected chi connectivity index (χ1v) is 11.0. The Balaban J connectivity index is 0.00000729. The van der Waals surface area contributed by atoms with E-state index in [1.165, 1.54) is 0 Å². The van der Waals surface area contributed by atoms with Gasteiger partial charge in [0.2, 0.25) is 0 Å². The molecule has 0 bridgehead atoms. The van der Waals surface area contributed by atoms with E-state index < -0.39 is 0 Å². The van der Waals surface area contributed by atoms with E-state index in [4.69, 9.17) is 0 Å². The Labute approximate surface area is 167 Å². The van der Waals surface area contributed by atoms with Gasteiger partial charge >= 0.3 is 6.03 Å². The maximum Gasteiger partial charge on any atom is 0.317 e. The second-order valence-electron chi connectivity index (χ2n) is 7.69. The van der Waals surface area contributed by atoms with Crippen molar-refractivity contribution in [2.45, 2.75) is 72.3 Å². The molecular formula is C21H44N4O2. The molecule has 1 fully saturated rings. The lowest BCUT2D eigenvalue weighted by atomic mass is 9.84. The van der Waals surface area contributed by atoms with Gasteiger partial charge in [0.15, 0.2) is 0 Å². The largest absolute Gasteiger partial charge is 0.334 e. The Hall–Kier alpha value is -1.14. The maximum absolute atomic E-state index is 12.8. The standard InChI is InChI=1S/C21H42N4O2.H2/c1-5-12-22-17-19(15-18-10-9-11-20(26)16-18)23-21(27)25(8-4)14-13-24(6-2)7-3;/h18-19,22H,5-17H2,1-4H3,(H,23,27);1H/t18-,19+;/m1./s1. The first kappa shape index (κ1) is 23.9. The molecule has 27 heavy (non-hydrogen) atoms. The van der Waals surface area contributed by atoms with Crippen molar-refractivity contribution in [1.82, 2.24) is 20.4 Å². The lowest BCUT2D eigenvalue weighted by Gasteiger charge is -2.30. The predicted octanol–water partition coefficient (Wildman–Crippen LogP) is 3.12. The third-order valence-electron chi connectivity index (χ3n) is 5.60. The van der Waals surface area contributed by atoms with E-state index in [-0.39, 0.29) is 13.5 Å². The third-order valence-corrected chi connectivity index (χ3v) is 5.60. The van der Waals surface area contributed by atoms with Crippen molar-refractivity contribution in [3.05, 3.63) is 0 Å². The highest BCUT2D eigenvalue weighted by molar-refractivity contribution is 5.79. The van der Waals surface area contributed by atoms with Gasteiger partial charge in [-0.1, -0.05) is 20.8 Å². The number of hydrogen-bond acceptors (Lipinski definition) is 4. The third kappa shape index (κ3) is 9.56. The minimum atomic E-state index is 0. The molecule has 0 spiro atoms. The molecule has 2 amide bonds. The first-order chi connectivity index (χ1) is 13.0. The molecule has 0 aromatic carbocycles. The summed E-state index contributed by atoms with van der Waals surface area (Å²) in [7, 11) is 0. The zero-order chi connectivity index (χ0) is 20.1. The fourth-order valence-electron chi connectivity index (χ4n) is 3.84. The van der Waals surface area contributed by atoms with E-state index >= 15 is 0 Å². The molecule has 2 atom stereocenters. The van der Waals surface area contributed by atoms with Crippen molar-refractivity contribution < 1.29 is 11.0 Å². The molecule has 0 radical (unpaired) electrons. The van der Waals surface area contributed by atoms with Gasteiger partial charge in [-0.25, -0.2) is 4.79 Å². The Morgan fingerprint density at radius 3 is 2.52 bits per heavy atom. The molecule has 0 aromatic rings. The predicted molar refractivity (Wildman–Crippen MR) is 114 cm³/mol. The van der Waals surface area contributed by atoms with Crippen LogP contribution >= 0.6 is 0 Å². The summed E-state index contributed by atoms with van der Waals surface area (Å²) in [6, 6.07) is 0.109. The smallest absolute Gasteiger partial charge is 0.317 e. The van der Waals surface area contributed by atoms with Crippen molar-refractivity contribution in [3.8, 4) is 0 Å². The number of nitrogens with one attached hydrogen (secondary N) is 2. The van der Waals surface area contributed by atoms with E-state index in [1.54, 1.807) is 0 Å². The van der Waals surface area contributed by atoms with E-state index in [9.17, 15) is 9.59 Å². The van der Waals surface area contributed by atoms with Crippen LogP contribution in [0.1, 0.15) is 67.6 Å². The minimum Gasteiger partial charge on any atom is -0.334 e. The molecule has 1 aliphatic rings. The van der Waals surface area contributed by atoms with Crippen LogP contribution in [0.25, 0.3) is 0 Å². The Morgan fingerprint density at radius 1 is 1.19 bits per heavy atom. The van der Waals surface area contributed by atoms with Crippen LogP contribution in [0.15, 0.2) is 0 Å². The van der Waals surface area contributed by atoms with Gasteiger partial charge in [-0.3, -0.25) is 4.79 Å². The van der Waals surface area contributed by atoms with Gasteiger partial charge in [-0.15, -0.1) is 0 Å². The highest BCUT2D eigenvalue weighted by Gasteiger charge is 2.25. The second-order valence-corrected chi connectivity index (χ2v) is 7.69. The first-order valence-electron chi connectivity index (χ1n) is 11.0. The fraction of sp³-hybridized carbons (Fsp3) is 0.905. The van der Waals surface area contributed by atoms with Crippen LogP contribution in [0, 0.1) is 5.92 Å². The Kier molecular flexibility index (Phi) is 12.3. The molecule has 0 heterocycles. The van der Waals surface area contributed by atoms with Gasteiger partial charge in [-0.2, -0.15) is 0 Å². The highest BCUT2D eigenvalue weighted by Crippen LogP contribution is 2.25. The van der Waals surface area contributed by atoms with Crippen LogP contribution < -0.4 is 10.6 Å². The van der Waals surface area contributed by atoms with Crippen molar-refractivity contribution in [2.75, 3.05) is 45.8 Å².